The second-order valence-corrected chi connectivity index (χ2v) is 10.6. The first-order valence-corrected chi connectivity index (χ1v) is 13.9. The predicted molar refractivity (Wildman–Crippen MR) is 163 cm³/mol. The van der Waals surface area contributed by atoms with Gasteiger partial charge in [0.2, 0.25) is 5.91 Å². The summed E-state index contributed by atoms with van der Waals surface area (Å²) in [6.45, 7) is 2.99. The summed E-state index contributed by atoms with van der Waals surface area (Å²) >= 11 is 18.3. The summed E-state index contributed by atoms with van der Waals surface area (Å²) in [7, 11) is 0. The number of amides is 1. The summed E-state index contributed by atoms with van der Waals surface area (Å²) in [6, 6.07) is 20.6. The molecule has 1 atom stereocenters. The first-order chi connectivity index (χ1) is 19.7. The van der Waals surface area contributed by atoms with Gasteiger partial charge in [0, 0.05) is 37.6 Å². The summed E-state index contributed by atoms with van der Waals surface area (Å²) in [5.41, 5.74) is 3.30. The Morgan fingerprint density at radius 1 is 1.15 bits per heavy atom. The molecule has 0 saturated carbocycles. The van der Waals surface area contributed by atoms with E-state index in [0.717, 1.165) is 16.8 Å². The predicted octanol–water partition coefficient (Wildman–Crippen LogP) is 6.20. The van der Waals surface area contributed by atoms with Crippen LogP contribution in [0.1, 0.15) is 29.3 Å². The Hall–Kier alpha value is -3.97. The van der Waals surface area contributed by atoms with Gasteiger partial charge in [-0.25, -0.2) is 9.37 Å². The van der Waals surface area contributed by atoms with E-state index >= 15 is 0 Å². The Morgan fingerprint density at radius 2 is 1.90 bits per heavy atom. The summed E-state index contributed by atoms with van der Waals surface area (Å²) in [4.78, 5) is 19.0. The highest BCUT2D eigenvalue weighted by Gasteiger charge is 2.19. The number of imidazole rings is 1. The number of anilines is 1. The molecule has 0 radical (unpaired) electrons. The molecule has 1 aromatic heterocycles. The average Bonchev–Trinajstić information content (AvgIpc) is 3.38. The standard InChI is InChI=1S/C30H27Cl2FN6OS/c1-20(36-28(40)13-24-15-35-19-39(24)17-22-11-9-21(14-34)10-12-22)16-38(18-23-5-4-6-25(31)29(23)32)30(41)37-27-8-3-2-7-26(27)33/h2-12,15,19-20H,13,16-18H2,1H3,(H,36,40)(H,37,41)/t20-/m0/s1. The molecule has 0 fully saturated rings. The number of benzene rings is 3. The minimum Gasteiger partial charge on any atom is -0.352 e. The monoisotopic (exact) mass is 608 g/mol. The fourth-order valence-corrected chi connectivity index (χ4v) is 4.87. The van der Waals surface area contributed by atoms with Crippen molar-refractivity contribution >= 4 is 52.1 Å². The minimum absolute atomic E-state index is 0.124. The normalized spacial score (nSPS) is 11.4. The van der Waals surface area contributed by atoms with Crippen LogP contribution in [-0.2, 0) is 24.3 Å². The van der Waals surface area contributed by atoms with Gasteiger partial charge < -0.3 is 20.1 Å². The minimum atomic E-state index is -0.436. The largest absolute Gasteiger partial charge is 0.352 e. The fraction of sp³-hybridized carbons (Fsp3) is 0.200. The Labute approximate surface area is 253 Å². The zero-order chi connectivity index (χ0) is 29.4. The van der Waals surface area contributed by atoms with Gasteiger partial charge in [-0.05, 0) is 60.6 Å². The number of carbonyl (C=O) groups excluding carboxylic acids is 1. The van der Waals surface area contributed by atoms with Crippen molar-refractivity contribution < 1.29 is 9.18 Å². The molecule has 3 aromatic carbocycles. The molecule has 0 aliphatic carbocycles. The third-order valence-corrected chi connectivity index (χ3v) is 7.49. The number of carbonyl (C=O) groups is 1. The summed E-state index contributed by atoms with van der Waals surface area (Å²) in [5, 5.41) is 16.1. The Kier molecular flexibility index (Phi) is 10.3. The van der Waals surface area contributed by atoms with Gasteiger partial charge in [-0.2, -0.15) is 5.26 Å². The molecule has 210 valence electrons. The van der Waals surface area contributed by atoms with Crippen molar-refractivity contribution in [3.05, 3.63) is 118 Å². The van der Waals surface area contributed by atoms with E-state index in [1.165, 1.54) is 6.07 Å². The quantitative estimate of drug-likeness (QED) is 0.209. The topological polar surface area (TPSA) is 86.0 Å². The molecule has 0 aliphatic heterocycles. The highest BCUT2D eigenvalue weighted by atomic mass is 35.5. The average molecular weight is 610 g/mol. The van der Waals surface area contributed by atoms with Crippen LogP contribution in [0.15, 0.2) is 79.3 Å². The molecule has 1 heterocycles. The van der Waals surface area contributed by atoms with Gasteiger partial charge in [0.05, 0.1) is 40.1 Å². The number of para-hydroxylation sites is 1. The number of nitriles is 1. The van der Waals surface area contributed by atoms with Crippen LogP contribution in [0.4, 0.5) is 10.1 Å². The lowest BCUT2D eigenvalue weighted by molar-refractivity contribution is -0.121. The number of rotatable bonds is 10. The van der Waals surface area contributed by atoms with Crippen LogP contribution < -0.4 is 10.6 Å². The SMILES string of the molecule is C[C@@H](CN(Cc1cccc(Cl)c1Cl)C(=S)Nc1ccccc1F)NC(=O)Cc1cncn1Cc1ccc(C#N)cc1. The molecule has 4 rings (SSSR count). The Bertz CT molecular complexity index is 1570. The number of halogens is 3. The van der Waals surface area contributed by atoms with E-state index in [2.05, 4.69) is 21.7 Å². The van der Waals surface area contributed by atoms with Crippen molar-refractivity contribution in [2.24, 2.45) is 0 Å². The second kappa shape index (κ2) is 14.1. The lowest BCUT2D eigenvalue weighted by Crippen LogP contribution is -2.45. The van der Waals surface area contributed by atoms with E-state index in [1.54, 1.807) is 59.9 Å². The number of hydrogen-bond donors (Lipinski definition) is 2. The maximum Gasteiger partial charge on any atom is 0.226 e. The first-order valence-electron chi connectivity index (χ1n) is 12.7. The van der Waals surface area contributed by atoms with Gasteiger partial charge >= 0.3 is 0 Å². The summed E-state index contributed by atoms with van der Waals surface area (Å²) in [5.74, 6) is -0.623. The lowest BCUT2D eigenvalue weighted by atomic mass is 10.1. The third kappa shape index (κ3) is 8.27. The van der Waals surface area contributed by atoms with Gasteiger partial charge in [-0.15, -0.1) is 0 Å². The zero-order valence-electron chi connectivity index (χ0n) is 22.2. The molecule has 1 amide bonds. The molecule has 0 spiro atoms. The van der Waals surface area contributed by atoms with Gasteiger partial charge in [-0.3, -0.25) is 4.79 Å². The van der Waals surface area contributed by atoms with Crippen LogP contribution in [-0.4, -0.2) is 38.1 Å². The van der Waals surface area contributed by atoms with E-state index in [9.17, 15) is 9.18 Å². The van der Waals surface area contributed by atoms with Crippen molar-refractivity contribution in [1.29, 1.82) is 5.26 Å². The van der Waals surface area contributed by atoms with E-state index < -0.39 is 5.82 Å². The number of hydrogen-bond acceptors (Lipinski definition) is 4. The molecule has 0 unspecified atom stereocenters. The molecule has 11 heteroatoms. The van der Waals surface area contributed by atoms with Crippen LogP contribution in [0.5, 0.6) is 0 Å². The van der Waals surface area contributed by atoms with Crippen molar-refractivity contribution in [1.82, 2.24) is 19.8 Å². The molecule has 4 aromatic rings. The van der Waals surface area contributed by atoms with E-state index in [1.807, 2.05) is 29.7 Å². The first kappa shape index (κ1) is 30.0. The fourth-order valence-electron chi connectivity index (χ4n) is 4.24. The molecule has 0 saturated heterocycles. The number of aromatic nitrogens is 2. The molecular formula is C30H27Cl2FN6OS. The van der Waals surface area contributed by atoms with E-state index in [-0.39, 0.29) is 35.7 Å². The van der Waals surface area contributed by atoms with Crippen LogP contribution in [0, 0.1) is 17.1 Å². The molecule has 41 heavy (non-hydrogen) atoms. The molecule has 2 N–H and O–H groups in total. The van der Waals surface area contributed by atoms with Gasteiger partial charge in [-0.1, -0.05) is 59.6 Å². The van der Waals surface area contributed by atoms with Crippen molar-refractivity contribution in [2.45, 2.75) is 32.5 Å². The Morgan fingerprint density at radius 3 is 2.63 bits per heavy atom. The van der Waals surface area contributed by atoms with Gasteiger partial charge in [0.25, 0.3) is 0 Å². The Balaban J connectivity index is 1.42. The number of thiocarbonyl (C=S) groups is 1. The lowest BCUT2D eigenvalue weighted by Gasteiger charge is -2.29. The maximum atomic E-state index is 14.3. The number of nitrogens with zero attached hydrogens (tertiary/aromatic N) is 4. The van der Waals surface area contributed by atoms with Crippen molar-refractivity contribution in [2.75, 3.05) is 11.9 Å². The van der Waals surface area contributed by atoms with Crippen molar-refractivity contribution in [3.8, 4) is 6.07 Å². The highest BCUT2D eigenvalue weighted by Crippen LogP contribution is 2.27. The maximum absolute atomic E-state index is 14.3. The summed E-state index contributed by atoms with van der Waals surface area (Å²) < 4.78 is 16.2. The molecular weight excluding hydrogens is 582 g/mol. The second-order valence-electron chi connectivity index (χ2n) is 9.47. The van der Waals surface area contributed by atoms with Gasteiger partial charge in [0.15, 0.2) is 5.11 Å². The molecule has 0 bridgehead atoms. The molecule has 0 aliphatic rings. The number of nitrogens with one attached hydrogen (secondary N) is 2. The zero-order valence-corrected chi connectivity index (χ0v) is 24.5. The van der Waals surface area contributed by atoms with Crippen molar-refractivity contribution in [3.63, 3.8) is 0 Å². The van der Waals surface area contributed by atoms with E-state index in [0.29, 0.717) is 28.7 Å². The summed E-state index contributed by atoms with van der Waals surface area (Å²) in [6.07, 6.45) is 3.46. The van der Waals surface area contributed by atoms with Crippen LogP contribution in [0.2, 0.25) is 10.0 Å². The van der Waals surface area contributed by atoms with Crippen LogP contribution in [0.25, 0.3) is 0 Å². The van der Waals surface area contributed by atoms with Crippen LogP contribution >= 0.6 is 35.4 Å². The highest BCUT2D eigenvalue weighted by molar-refractivity contribution is 7.80. The van der Waals surface area contributed by atoms with Crippen LogP contribution in [0.3, 0.4) is 0 Å². The van der Waals surface area contributed by atoms with E-state index in [4.69, 9.17) is 40.7 Å². The smallest absolute Gasteiger partial charge is 0.226 e. The van der Waals surface area contributed by atoms with Gasteiger partial charge in [0.1, 0.15) is 5.82 Å². The third-order valence-electron chi connectivity index (χ3n) is 6.27. The molecule has 7 nitrogen and oxygen atoms in total.